The summed E-state index contributed by atoms with van der Waals surface area (Å²) in [4.78, 5) is 10.9. The van der Waals surface area contributed by atoms with Gasteiger partial charge in [-0.15, -0.1) is 0 Å². The van der Waals surface area contributed by atoms with Gasteiger partial charge in [0.05, 0.1) is 5.02 Å². The lowest BCUT2D eigenvalue weighted by atomic mass is 10.1. The second kappa shape index (κ2) is 9.14. The van der Waals surface area contributed by atoms with Crippen LogP contribution in [0.4, 0.5) is 0 Å². The van der Waals surface area contributed by atoms with Crippen LogP contribution >= 0.6 is 11.6 Å². The van der Waals surface area contributed by atoms with Crippen LogP contribution in [0, 0.1) is 0 Å². The van der Waals surface area contributed by atoms with Gasteiger partial charge < -0.3 is 15.2 Å². The number of hydrogen-bond acceptors (Lipinski definition) is 3. The van der Waals surface area contributed by atoms with Crippen molar-refractivity contribution in [1.82, 2.24) is 5.32 Å². The lowest BCUT2D eigenvalue weighted by Gasteiger charge is -2.14. The van der Waals surface area contributed by atoms with Gasteiger partial charge in [0.15, 0.2) is 0 Å². The molecule has 0 bridgehead atoms. The standard InChI is InChI=1S/C18H26ClNO3/c1-2-3-4-5-6-7-13-8-9-17(15(19)10-13)23-14-11-16(18(21)22)20-12-14/h8-10,14,16,20H,2-7,11-12H2,1H3,(H,21,22)/t14-,16+/m1/s1. The Morgan fingerprint density at radius 2 is 2.13 bits per heavy atom. The maximum atomic E-state index is 10.9. The second-order valence-corrected chi connectivity index (χ2v) is 6.61. The fourth-order valence-corrected chi connectivity index (χ4v) is 3.14. The molecule has 0 radical (unpaired) electrons. The first-order chi connectivity index (χ1) is 11.1. The molecule has 2 N–H and O–H groups in total. The van der Waals surface area contributed by atoms with E-state index in [0.717, 1.165) is 6.42 Å². The van der Waals surface area contributed by atoms with Crippen LogP contribution in [-0.2, 0) is 11.2 Å². The highest BCUT2D eigenvalue weighted by Gasteiger charge is 2.30. The molecule has 0 aromatic heterocycles. The summed E-state index contributed by atoms with van der Waals surface area (Å²) in [5.41, 5.74) is 1.23. The van der Waals surface area contributed by atoms with Crippen molar-refractivity contribution in [3.8, 4) is 5.75 Å². The first-order valence-electron chi connectivity index (χ1n) is 8.51. The predicted molar refractivity (Wildman–Crippen MR) is 92.4 cm³/mol. The summed E-state index contributed by atoms with van der Waals surface area (Å²) in [7, 11) is 0. The number of halogens is 1. The number of carboxylic acid groups (broad SMARTS) is 1. The Kier molecular flexibility index (Phi) is 7.18. The maximum Gasteiger partial charge on any atom is 0.320 e. The summed E-state index contributed by atoms with van der Waals surface area (Å²) in [6, 6.07) is 5.39. The Hall–Kier alpha value is -1.26. The van der Waals surface area contributed by atoms with E-state index in [2.05, 4.69) is 18.3 Å². The molecule has 23 heavy (non-hydrogen) atoms. The number of hydrogen-bond donors (Lipinski definition) is 2. The number of carboxylic acids is 1. The third kappa shape index (κ3) is 5.70. The number of benzene rings is 1. The quantitative estimate of drug-likeness (QED) is 0.666. The topological polar surface area (TPSA) is 58.6 Å². The first-order valence-corrected chi connectivity index (χ1v) is 8.89. The van der Waals surface area contributed by atoms with E-state index < -0.39 is 12.0 Å². The van der Waals surface area contributed by atoms with E-state index in [1.165, 1.54) is 37.7 Å². The van der Waals surface area contributed by atoms with Gasteiger partial charge in [0.2, 0.25) is 0 Å². The third-order valence-electron chi connectivity index (χ3n) is 4.25. The molecular weight excluding hydrogens is 314 g/mol. The molecule has 1 fully saturated rings. The Labute approximate surface area is 143 Å². The van der Waals surface area contributed by atoms with E-state index in [0.29, 0.717) is 23.7 Å². The smallest absolute Gasteiger partial charge is 0.320 e. The van der Waals surface area contributed by atoms with Gasteiger partial charge >= 0.3 is 5.97 Å². The summed E-state index contributed by atoms with van der Waals surface area (Å²) < 4.78 is 5.84. The van der Waals surface area contributed by atoms with Gasteiger partial charge in [-0.3, -0.25) is 4.79 Å². The number of carbonyl (C=O) groups is 1. The van der Waals surface area contributed by atoms with E-state index in [1.807, 2.05) is 12.1 Å². The van der Waals surface area contributed by atoms with Crippen LogP contribution in [0.2, 0.25) is 5.02 Å². The van der Waals surface area contributed by atoms with Crippen molar-refractivity contribution in [2.75, 3.05) is 6.54 Å². The van der Waals surface area contributed by atoms with Gasteiger partial charge in [-0.2, -0.15) is 0 Å². The minimum Gasteiger partial charge on any atom is -0.487 e. The number of aliphatic carboxylic acids is 1. The van der Waals surface area contributed by atoms with Crippen LogP contribution in [0.3, 0.4) is 0 Å². The number of ether oxygens (including phenoxy) is 1. The molecule has 2 atom stereocenters. The molecule has 0 unspecified atom stereocenters. The van der Waals surface area contributed by atoms with Crippen molar-refractivity contribution in [2.45, 2.75) is 64.0 Å². The molecule has 0 saturated carbocycles. The molecule has 1 aromatic rings. The van der Waals surface area contributed by atoms with E-state index in [4.69, 9.17) is 21.4 Å². The van der Waals surface area contributed by atoms with Crippen molar-refractivity contribution in [3.05, 3.63) is 28.8 Å². The third-order valence-corrected chi connectivity index (χ3v) is 4.54. The van der Waals surface area contributed by atoms with Crippen LogP contribution in [0.25, 0.3) is 0 Å². The highest BCUT2D eigenvalue weighted by molar-refractivity contribution is 6.32. The first kappa shape index (κ1) is 18.1. The van der Waals surface area contributed by atoms with Crippen LogP contribution in [0.15, 0.2) is 18.2 Å². The lowest BCUT2D eigenvalue weighted by Crippen LogP contribution is -2.30. The molecule has 128 valence electrons. The zero-order chi connectivity index (χ0) is 16.7. The number of nitrogens with one attached hydrogen (secondary N) is 1. The zero-order valence-corrected chi connectivity index (χ0v) is 14.4. The van der Waals surface area contributed by atoms with Crippen molar-refractivity contribution in [1.29, 1.82) is 0 Å². The Bertz CT molecular complexity index is 521. The molecule has 1 aliphatic heterocycles. The molecule has 1 aromatic carbocycles. The van der Waals surface area contributed by atoms with E-state index in [1.54, 1.807) is 0 Å². The van der Waals surface area contributed by atoms with E-state index in [-0.39, 0.29) is 6.10 Å². The molecule has 2 rings (SSSR count). The van der Waals surface area contributed by atoms with Crippen LogP contribution < -0.4 is 10.1 Å². The van der Waals surface area contributed by atoms with Crippen molar-refractivity contribution < 1.29 is 14.6 Å². The van der Waals surface area contributed by atoms with Gasteiger partial charge in [0.1, 0.15) is 17.9 Å². The van der Waals surface area contributed by atoms with Gasteiger partial charge in [-0.1, -0.05) is 50.3 Å². The largest absolute Gasteiger partial charge is 0.487 e. The molecule has 0 amide bonds. The fraction of sp³-hybridized carbons (Fsp3) is 0.611. The Morgan fingerprint density at radius 1 is 1.35 bits per heavy atom. The summed E-state index contributed by atoms with van der Waals surface area (Å²) in [5, 5.41) is 12.5. The fourth-order valence-electron chi connectivity index (χ4n) is 2.89. The highest BCUT2D eigenvalue weighted by atomic mass is 35.5. The van der Waals surface area contributed by atoms with Crippen molar-refractivity contribution >= 4 is 17.6 Å². The molecule has 0 spiro atoms. The highest BCUT2D eigenvalue weighted by Crippen LogP contribution is 2.28. The van der Waals surface area contributed by atoms with Crippen molar-refractivity contribution in [3.63, 3.8) is 0 Å². The van der Waals surface area contributed by atoms with E-state index >= 15 is 0 Å². The van der Waals surface area contributed by atoms with E-state index in [9.17, 15) is 4.79 Å². The van der Waals surface area contributed by atoms with Crippen LogP contribution in [0.1, 0.15) is 51.0 Å². The average Bonchev–Trinajstić information content (AvgIpc) is 2.98. The molecule has 1 heterocycles. The Balaban J connectivity index is 1.81. The zero-order valence-electron chi connectivity index (χ0n) is 13.7. The number of rotatable bonds is 9. The second-order valence-electron chi connectivity index (χ2n) is 6.20. The maximum absolute atomic E-state index is 10.9. The van der Waals surface area contributed by atoms with Gasteiger partial charge in [-0.05, 0) is 30.5 Å². The minimum absolute atomic E-state index is 0.145. The van der Waals surface area contributed by atoms with Crippen LogP contribution in [0.5, 0.6) is 5.75 Å². The molecule has 5 heteroatoms. The minimum atomic E-state index is -0.833. The van der Waals surface area contributed by atoms with Crippen molar-refractivity contribution in [2.24, 2.45) is 0 Å². The molecule has 1 aliphatic rings. The molecule has 1 saturated heterocycles. The SMILES string of the molecule is CCCCCCCc1ccc(O[C@H]2CN[C@H](C(=O)O)C2)c(Cl)c1. The Morgan fingerprint density at radius 3 is 2.78 bits per heavy atom. The summed E-state index contributed by atoms with van der Waals surface area (Å²) in [5.74, 6) is -0.195. The number of unbranched alkanes of at least 4 members (excludes halogenated alkanes) is 4. The summed E-state index contributed by atoms with van der Waals surface area (Å²) in [6.07, 6.45) is 7.66. The predicted octanol–water partition coefficient (Wildman–Crippen LogP) is 4.05. The molecular formula is C18H26ClNO3. The van der Waals surface area contributed by atoms with Crippen LogP contribution in [-0.4, -0.2) is 29.8 Å². The van der Waals surface area contributed by atoms with Gasteiger partial charge in [0, 0.05) is 13.0 Å². The average molecular weight is 340 g/mol. The van der Waals surface area contributed by atoms with Gasteiger partial charge in [0.25, 0.3) is 0 Å². The lowest BCUT2D eigenvalue weighted by molar-refractivity contribution is -0.139. The summed E-state index contributed by atoms with van der Waals surface area (Å²) >= 11 is 6.31. The summed E-state index contributed by atoms with van der Waals surface area (Å²) in [6.45, 7) is 2.75. The normalized spacial score (nSPS) is 20.6. The molecule has 4 nitrogen and oxygen atoms in total. The van der Waals surface area contributed by atoms with Gasteiger partial charge in [-0.25, -0.2) is 0 Å². The molecule has 0 aliphatic carbocycles. The number of aryl methyl sites for hydroxylation is 1. The monoisotopic (exact) mass is 339 g/mol.